The molecule has 82 heavy (non-hydrogen) atoms. The third-order valence-electron chi connectivity index (χ3n) is 14.6. The zero-order valence-electron chi connectivity index (χ0n) is 44.3. The Morgan fingerprint density at radius 2 is 1.00 bits per heavy atom. The van der Waals surface area contributed by atoms with Gasteiger partial charge in [-0.25, -0.2) is 9.59 Å². The maximum Gasteiger partial charge on any atom is 0.488 e. The summed E-state index contributed by atoms with van der Waals surface area (Å²) in [5.41, 5.74) is 4.36. The number of carbonyl (C=O) groups is 8. The van der Waals surface area contributed by atoms with Crippen molar-refractivity contribution in [2.24, 2.45) is 0 Å². The van der Waals surface area contributed by atoms with E-state index in [9.17, 15) is 58.5 Å². The number of carbonyl (C=O) groups excluding carboxylic acids is 8. The molecule has 2 saturated heterocycles. The molecule has 2 aromatic heterocycles. The lowest BCUT2D eigenvalue weighted by atomic mass is 9.80. The van der Waals surface area contributed by atoms with Crippen molar-refractivity contribution in [2.45, 2.75) is 25.9 Å². The molecular formula is C58H54B2N10O12. The second kappa shape index (κ2) is 23.5. The molecule has 2 aliphatic rings. The minimum Gasteiger partial charge on any atom is -0.423 e. The van der Waals surface area contributed by atoms with Gasteiger partial charge in [-0.2, -0.15) is 0 Å². The normalized spacial score (nSPS) is 15.2. The van der Waals surface area contributed by atoms with E-state index in [0.717, 1.165) is 0 Å². The maximum absolute atomic E-state index is 14.3. The molecule has 0 spiro atoms. The number of nitrogens with one attached hydrogen (secondary N) is 6. The Hall–Kier alpha value is -9.87. The number of nitrogens with zero attached hydrogens (tertiary/aromatic N) is 4. The number of anilines is 4. The number of H-pyrrole nitrogens is 2. The van der Waals surface area contributed by atoms with Crippen LogP contribution in [0.15, 0.2) is 146 Å². The Kier molecular flexibility index (Phi) is 15.9. The van der Waals surface area contributed by atoms with Crippen LogP contribution in [-0.2, 0) is 9.59 Å². The van der Waals surface area contributed by atoms with Crippen molar-refractivity contribution in [2.75, 3.05) is 60.5 Å². The van der Waals surface area contributed by atoms with Gasteiger partial charge in [-0.3, -0.25) is 28.8 Å². The molecule has 4 heterocycles. The van der Waals surface area contributed by atoms with Gasteiger partial charge in [0.25, 0.3) is 35.2 Å². The molecule has 0 radical (unpaired) electrons. The fraction of sp³-hybridized carbons (Fsp3) is 0.172. The van der Waals surface area contributed by atoms with Gasteiger partial charge >= 0.3 is 26.3 Å². The lowest BCUT2D eigenvalue weighted by molar-refractivity contribution is -0.130. The van der Waals surface area contributed by atoms with Crippen molar-refractivity contribution >= 4 is 117 Å². The summed E-state index contributed by atoms with van der Waals surface area (Å²) in [6.45, 7) is 4.35. The summed E-state index contributed by atoms with van der Waals surface area (Å²) in [7, 11) is -3.43. The summed E-state index contributed by atoms with van der Waals surface area (Å²) in [5.74, 6) is -3.64. The van der Waals surface area contributed by atoms with E-state index in [2.05, 4.69) is 31.2 Å². The summed E-state index contributed by atoms with van der Waals surface area (Å²) in [5, 5.41) is 49.7. The SMILES string of the molecule is CC1CN(C(=O)c2ccc(-c3cc(NC(=O)Nc4ccc(B(O)O)cc4)c4[nH]cc(C(=O)C(=O)N5CCN(C(=O)c6ccccc6)CC5C)c4c3)cc2)CCN1C(=O)C(=O)c1c[nH]c2c(NC(=O)Nc3cccc(B(O)O)c3)cccc12. The highest BCUT2D eigenvalue weighted by atomic mass is 16.4. The largest absolute Gasteiger partial charge is 0.488 e. The molecule has 414 valence electrons. The Balaban J connectivity index is 0.828. The van der Waals surface area contributed by atoms with Gasteiger partial charge in [-0.05, 0) is 103 Å². The number of para-hydroxylation sites is 1. The van der Waals surface area contributed by atoms with Gasteiger partial charge in [0.15, 0.2) is 0 Å². The number of aromatic nitrogens is 2. The van der Waals surface area contributed by atoms with Gasteiger partial charge in [0.2, 0.25) is 0 Å². The van der Waals surface area contributed by atoms with Crippen molar-refractivity contribution in [3.8, 4) is 11.1 Å². The molecule has 8 amide bonds. The molecule has 2 atom stereocenters. The van der Waals surface area contributed by atoms with Crippen molar-refractivity contribution in [3.05, 3.63) is 168 Å². The molecule has 22 nitrogen and oxygen atoms in total. The van der Waals surface area contributed by atoms with Crippen molar-refractivity contribution in [1.82, 2.24) is 29.6 Å². The van der Waals surface area contributed by atoms with Gasteiger partial charge in [-0.1, -0.05) is 66.7 Å². The number of urea groups is 2. The number of Topliss-reactive ketones (excluding diaryl/α,β-unsaturated/α-hetero) is 2. The Labute approximate surface area is 469 Å². The topological polar surface area (TPSA) is 310 Å². The standard InChI is InChI=1S/C58H54B2N10O12/c1-33-31-67(53(73)36-8-4-3-5-9-36)22-24-70(33)56(76)52(72)46-30-62-50-44(46)26-38(27-48(50)66-57(77)63-41-20-18-39(19-21-41)59(79)80)35-14-16-37(17-15-35)54(74)68-23-25-69(34(2)32-68)55(75)51(71)45-29-61-49-43(45)12-7-13-47(49)65-58(78)64-42-11-6-10-40(28-42)60(81)82/h3-21,26-30,33-34,61-62,79-82H,22-25,31-32H2,1-2H3,(H2,63,66,77)(H2,64,65,78). The number of aromatic amines is 2. The van der Waals surface area contributed by atoms with Crippen LogP contribution in [0.1, 0.15) is 55.3 Å². The fourth-order valence-electron chi connectivity index (χ4n) is 10.3. The van der Waals surface area contributed by atoms with Gasteiger partial charge in [-0.15, -0.1) is 0 Å². The number of fused-ring (bicyclic) bond motifs is 2. The fourth-order valence-corrected chi connectivity index (χ4v) is 10.3. The van der Waals surface area contributed by atoms with E-state index in [1.54, 1.807) is 115 Å². The van der Waals surface area contributed by atoms with E-state index in [4.69, 9.17) is 0 Å². The lowest BCUT2D eigenvalue weighted by Crippen LogP contribution is -2.56. The van der Waals surface area contributed by atoms with E-state index < -0.39 is 61.8 Å². The number of hydrogen-bond donors (Lipinski definition) is 10. The molecule has 2 unspecified atom stereocenters. The van der Waals surface area contributed by atoms with Gasteiger partial charge in [0.1, 0.15) is 0 Å². The van der Waals surface area contributed by atoms with Crippen LogP contribution >= 0.6 is 0 Å². The van der Waals surface area contributed by atoms with E-state index >= 15 is 0 Å². The Morgan fingerprint density at radius 3 is 1.57 bits per heavy atom. The van der Waals surface area contributed by atoms with Gasteiger partial charge < -0.3 is 70.9 Å². The zero-order chi connectivity index (χ0) is 57.9. The first kappa shape index (κ1) is 55.4. The van der Waals surface area contributed by atoms with Crippen LogP contribution in [0.2, 0.25) is 0 Å². The minimum atomic E-state index is -1.73. The van der Waals surface area contributed by atoms with Crippen LogP contribution in [0.3, 0.4) is 0 Å². The first-order valence-electron chi connectivity index (χ1n) is 26.2. The third-order valence-corrected chi connectivity index (χ3v) is 14.6. The summed E-state index contributed by atoms with van der Waals surface area (Å²) in [4.78, 5) is 122. The van der Waals surface area contributed by atoms with Crippen molar-refractivity contribution < 1.29 is 58.5 Å². The van der Waals surface area contributed by atoms with Crippen LogP contribution in [-0.4, -0.2) is 163 Å². The number of ketones is 2. The highest BCUT2D eigenvalue weighted by molar-refractivity contribution is 6.59. The quantitative estimate of drug-likeness (QED) is 0.0444. The molecule has 0 saturated carbocycles. The average molecular weight is 1100 g/mol. The highest BCUT2D eigenvalue weighted by Crippen LogP contribution is 2.34. The number of amides is 8. The highest BCUT2D eigenvalue weighted by Gasteiger charge is 2.36. The summed E-state index contributed by atoms with van der Waals surface area (Å²) >= 11 is 0. The van der Waals surface area contributed by atoms with E-state index in [1.807, 2.05) is 6.07 Å². The predicted molar refractivity (Wildman–Crippen MR) is 309 cm³/mol. The molecule has 10 rings (SSSR count). The summed E-state index contributed by atoms with van der Waals surface area (Å²) < 4.78 is 0. The first-order valence-corrected chi connectivity index (χ1v) is 26.2. The molecule has 2 fully saturated rings. The molecule has 24 heteroatoms. The minimum absolute atomic E-state index is 0.0375. The van der Waals surface area contributed by atoms with Crippen LogP contribution in [0.5, 0.6) is 0 Å². The molecule has 2 aliphatic heterocycles. The van der Waals surface area contributed by atoms with Crippen LogP contribution in [0.25, 0.3) is 32.9 Å². The van der Waals surface area contributed by atoms with Gasteiger partial charge in [0, 0.05) is 97.0 Å². The molecule has 8 aromatic rings. The second-order valence-corrected chi connectivity index (χ2v) is 20.0. The number of piperazine rings is 2. The predicted octanol–water partition coefficient (Wildman–Crippen LogP) is 4.08. The van der Waals surface area contributed by atoms with E-state index in [1.165, 1.54) is 58.6 Å². The third kappa shape index (κ3) is 11.6. The second-order valence-electron chi connectivity index (χ2n) is 20.0. The Bertz CT molecular complexity index is 3820. The van der Waals surface area contributed by atoms with Crippen LogP contribution in [0, 0.1) is 0 Å². The zero-order valence-corrected chi connectivity index (χ0v) is 44.3. The number of hydrogen-bond acceptors (Lipinski definition) is 12. The monoisotopic (exact) mass is 1100 g/mol. The number of rotatable bonds is 13. The first-order chi connectivity index (χ1) is 39.4. The van der Waals surface area contributed by atoms with E-state index in [-0.39, 0.29) is 78.8 Å². The maximum atomic E-state index is 14.3. The average Bonchev–Trinajstić information content (AvgIpc) is 4.11. The molecular weight excluding hydrogens is 1050 g/mol. The Morgan fingerprint density at radius 1 is 0.476 bits per heavy atom. The molecule has 0 aliphatic carbocycles. The van der Waals surface area contributed by atoms with Crippen molar-refractivity contribution in [1.29, 1.82) is 0 Å². The van der Waals surface area contributed by atoms with Crippen molar-refractivity contribution in [3.63, 3.8) is 0 Å². The smallest absolute Gasteiger partial charge is 0.423 e. The summed E-state index contributed by atoms with van der Waals surface area (Å²) in [6, 6.07) is 33.2. The molecule has 0 bridgehead atoms. The number of benzene rings is 6. The van der Waals surface area contributed by atoms with Crippen LogP contribution in [0.4, 0.5) is 32.3 Å². The van der Waals surface area contributed by atoms with Crippen LogP contribution < -0.4 is 32.2 Å². The lowest BCUT2D eigenvalue weighted by Gasteiger charge is -2.39. The molecule has 10 N–H and O–H groups in total. The van der Waals surface area contributed by atoms with E-state index in [0.29, 0.717) is 61.1 Å². The summed E-state index contributed by atoms with van der Waals surface area (Å²) in [6.07, 6.45) is 2.80. The molecule has 6 aromatic carbocycles. The van der Waals surface area contributed by atoms with Gasteiger partial charge in [0.05, 0.1) is 33.5 Å².